The van der Waals surface area contributed by atoms with E-state index in [0.717, 1.165) is 12.8 Å². The molecule has 0 saturated heterocycles. The molecule has 0 aliphatic carbocycles. The van der Waals surface area contributed by atoms with Crippen LogP contribution in [0.4, 0.5) is 0 Å². The number of rotatable bonds is 13. The van der Waals surface area contributed by atoms with Gasteiger partial charge in [0, 0.05) is 6.04 Å². The summed E-state index contributed by atoms with van der Waals surface area (Å²) in [6.07, 6.45) is 13.5. The number of carbonyl (C=O) groups is 1. The van der Waals surface area contributed by atoms with Gasteiger partial charge in [0.15, 0.2) is 0 Å². The van der Waals surface area contributed by atoms with Crippen LogP contribution in [0.2, 0.25) is 0 Å². The predicted octanol–water partition coefficient (Wildman–Crippen LogP) is -0.361. The van der Waals surface area contributed by atoms with Crippen LogP contribution >= 0.6 is 0 Å². The first-order valence-electron chi connectivity index (χ1n) is 7.60. The molecular weight excluding hydrogens is 249 g/mol. The Labute approximate surface area is 141 Å². The summed E-state index contributed by atoms with van der Waals surface area (Å²) < 4.78 is 0. The molecule has 0 bridgehead atoms. The fourth-order valence-corrected chi connectivity index (χ4v) is 2.22. The Morgan fingerprint density at radius 1 is 0.947 bits per heavy atom. The van der Waals surface area contributed by atoms with Gasteiger partial charge in [-0.3, -0.25) is 0 Å². The molecule has 0 aromatic carbocycles. The van der Waals surface area contributed by atoms with E-state index in [0.29, 0.717) is 6.42 Å². The molecule has 0 amide bonds. The molecule has 0 radical (unpaired) electrons. The van der Waals surface area contributed by atoms with E-state index >= 15 is 0 Å². The number of carbonyl (C=O) groups excluding carboxylic acids is 1. The Hall–Kier alpha value is 0.430. The van der Waals surface area contributed by atoms with Crippen LogP contribution in [-0.2, 0) is 4.79 Å². The smallest absolute Gasteiger partial charge is 0.548 e. The van der Waals surface area contributed by atoms with Crippen molar-refractivity contribution in [3.05, 3.63) is 0 Å². The topological polar surface area (TPSA) is 52.2 Å². The molecule has 0 aliphatic rings. The maximum atomic E-state index is 10.6. The second kappa shape index (κ2) is 16.5. The number of carboxylic acids is 1. The quantitative estimate of drug-likeness (QED) is 0.370. The molecule has 1 unspecified atom stereocenters. The largest absolute Gasteiger partial charge is 1.00 e. The van der Waals surface area contributed by atoms with E-state index in [9.17, 15) is 9.90 Å². The summed E-state index contributed by atoms with van der Waals surface area (Å²) in [6.45, 7) is 2.24. The van der Waals surface area contributed by atoms with E-state index in [2.05, 4.69) is 12.2 Å². The number of hydrogen-bond donors (Lipinski definition) is 1. The van der Waals surface area contributed by atoms with Crippen LogP contribution in [0.1, 0.15) is 77.6 Å². The van der Waals surface area contributed by atoms with Crippen molar-refractivity contribution in [2.24, 2.45) is 0 Å². The van der Waals surface area contributed by atoms with Crippen molar-refractivity contribution < 1.29 is 39.5 Å². The van der Waals surface area contributed by atoms with Gasteiger partial charge in [0.2, 0.25) is 0 Å². The number of likely N-dealkylation sites (N-methyl/N-ethyl adjacent to an activating group) is 1. The average molecular weight is 279 g/mol. The van der Waals surface area contributed by atoms with Crippen molar-refractivity contribution in [3.63, 3.8) is 0 Å². The molecule has 108 valence electrons. The van der Waals surface area contributed by atoms with Crippen LogP contribution in [0.3, 0.4) is 0 Å². The molecule has 3 nitrogen and oxygen atoms in total. The van der Waals surface area contributed by atoms with Gasteiger partial charge < -0.3 is 15.2 Å². The van der Waals surface area contributed by atoms with E-state index in [4.69, 9.17) is 0 Å². The van der Waals surface area contributed by atoms with Crippen molar-refractivity contribution in [1.82, 2.24) is 5.32 Å². The standard InChI is InChI=1S/C15H31NO2.Na/c1-3-4-5-6-7-8-9-10-11-12-13-14(16-2)15(17)18;/h14,16H,3-13H2,1-2H3,(H,17,18);/q;+1/p-1. The van der Waals surface area contributed by atoms with Gasteiger partial charge in [-0.05, 0) is 13.5 Å². The van der Waals surface area contributed by atoms with E-state index in [1.807, 2.05) is 0 Å². The summed E-state index contributed by atoms with van der Waals surface area (Å²) in [5.74, 6) is -0.978. The first kappa shape index (κ1) is 21.7. The van der Waals surface area contributed by atoms with Gasteiger partial charge in [-0.1, -0.05) is 71.1 Å². The summed E-state index contributed by atoms with van der Waals surface area (Å²) in [4.78, 5) is 10.6. The molecule has 0 saturated carbocycles. The third-order valence-corrected chi connectivity index (χ3v) is 3.48. The monoisotopic (exact) mass is 279 g/mol. The summed E-state index contributed by atoms with van der Waals surface area (Å²) >= 11 is 0. The SMILES string of the molecule is CCCCCCCCCCCCC(NC)C(=O)[O-].[Na+]. The van der Waals surface area contributed by atoms with E-state index < -0.39 is 12.0 Å². The maximum Gasteiger partial charge on any atom is 1.00 e. The number of carboxylic acid groups (broad SMARTS) is 1. The average Bonchev–Trinajstić information content (AvgIpc) is 2.35. The van der Waals surface area contributed by atoms with Crippen LogP contribution < -0.4 is 40.0 Å². The first-order valence-corrected chi connectivity index (χ1v) is 7.60. The van der Waals surface area contributed by atoms with Crippen LogP contribution in [-0.4, -0.2) is 19.1 Å². The Morgan fingerprint density at radius 3 is 1.74 bits per heavy atom. The molecule has 1 N–H and O–H groups in total. The zero-order valence-electron chi connectivity index (χ0n) is 13.2. The van der Waals surface area contributed by atoms with Gasteiger partial charge in [0.1, 0.15) is 0 Å². The molecular formula is C15H30NNaO2. The first-order chi connectivity index (χ1) is 8.72. The van der Waals surface area contributed by atoms with Crippen molar-refractivity contribution in [1.29, 1.82) is 0 Å². The molecule has 0 aromatic rings. The van der Waals surface area contributed by atoms with Gasteiger partial charge in [0.05, 0.1) is 5.97 Å². The fraction of sp³-hybridized carbons (Fsp3) is 0.933. The van der Waals surface area contributed by atoms with E-state index in [-0.39, 0.29) is 29.6 Å². The Bertz CT molecular complexity index is 201. The molecule has 4 heteroatoms. The molecule has 0 fully saturated rings. The van der Waals surface area contributed by atoms with Crippen LogP contribution in [0.25, 0.3) is 0 Å². The minimum absolute atomic E-state index is 0. The second-order valence-electron chi connectivity index (χ2n) is 5.13. The molecule has 0 heterocycles. The minimum Gasteiger partial charge on any atom is -0.548 e. The molecule has 0 aliphatic heterocycles. The van der Waals surface area contributed by atoms with Crippen LogP contribution in [0.5, 0.6) is 0 Å². The van der Waals surface area contributed by atoms with Crippen molar-refractivity contribution in [3.8, 4) is 0 Å². The number of nitrogens with one attached hydrogen (secondary N) is 1. The summed E-state index contributed by atoms with van der Waals surface area (Å²) in [5.41, 5.74) is 0. The van der Waals surface area contributed by atoms with Crippen LogP contribution in [0.15, 0.2) is 0 Å². The molecule has 19 heavy (non-hydrogen) atoms. The van der Waals surface area contributed by atoms with Crippen molar-refractivity contribution in [2.45, 2.75) is 83.6 Å². The van der Waals surface area contributed by atoms with Crippen molar-refractivity contribution in [2.75, 3.05) is 7.05 Å². The fourth-order valence-electron chi connectivity index (χ4n) is 2.22. The van der Waals surface area contributed by atoms with Gasteiger partial charge in [-0.15, -0.1) is 0 Å². The summed E-state index contributed by atoms with van der Waals surface area (Å²) in [6, 6.07) is -0.473. The van der Waals surface area contributed by atoms with Crippen LogP contribution in [0, 0.1) is 0 Å². The Morgan fingerprint density at radius 2 is 1.37 bits per heavy atom. The Kier molecular flexibility index (Phi) is 18.8. The minimum atomic E-state index is -0.978. The second-order valence-corrected chi connectivity index (χ2v) is 5.13. The third kappa shape index (κ3) is 14.6. The molecule has 1 atom stereocenters. The van der Waals surface area contributed by atoms with Gasteiger partial charge in [0.25, 0.3) is 0 Å². The van der Waals surface area contributed by atoms with Gasteiger partial charge in [-0.25, -0.2) is 0 Å². The van der Waals surface area contributed by atoms with Gasteiger partial charge >= 0.3 is 29.6 Å². The van der Waals surface area contributed by atoms with Crippen molar-refractivity contribution >= 4 is 5.97 Å². The summed E-state index contributed by atoms with van der Waals surface area (Å²) in [5, 5.41) is 13.4. The third-order valence-electron chi connectivity index (χ3n) is 3.48. The summed E-state index contributed by atoms with van der Waals surface area (Å²) in [7, 11) is 1.68. The molecule has 0 rings (SSSR count). The van der Waals surface area contributed by atoms with Gasteiger partial charge in [-0.2, -0.15) is 0 Å². The number of hydrogen-bond acceptors (Lipinski definition) is 3. The zero-order valence-corrected chi connectivity index (χ0v) is 15.2. The maximum absolute atomic E-state index is 10.6. The molecule has 0 aromatic heterocycles. The van der Waals surface area contributed by atoms with E-state index in [1.165, 1.54) is 51.4 Å². The Balaban J connectivity index is 0. The zero-order chi connectivity index (χ0) is 13.6. The normalized spacial score (nSPS) is 11.9. The number of unbranched alkanes of at least 4 members (excludes halogenated alkanes) is 9. The molecule has 0 spiro atoms. The number of aliphatic carboxylic acids is 1. The van der Waals surface area contributed by atoms with E-state index in [1.54, 1.807) is 7.05 Å². The predicted molar refractivity (Wildman–Crippen MR) is 74.3 cm³/mol.